The van der Waals surface area contributed by atoms with Crippen molar-refractivity contribution in [1.82, 2.24) is 9.88 Å². The molecule has 0 aromatic carbocycles. The summed E-state index contributed by atoms with van der Waals surface area (Å²) in [5.41, 5.74) is 2.31. The highest BCUT2D eigenvalue weighted by molar-refractivity contribution is 7.11. The molecule has 1 aromatic heterocycles. The zero-order valence-electron chi connectivity index (χ0n) is 10.4. The number of ether oxygens (including phenoxy) is 1. The smallest absolute Gasteiger partial charge is 0.325 e. The Morgan fingerprint density at radius 1 is 1.53 bits per heavy atom. The summed E-state index contributed by atoms with van der Waals surface area (Å²) in [6.07, 6.45) is 0. The van der Waals surface area contributed by atoms with Gasteiger partial charge in [0.1, 0.15) is 11.4 Å². The van der Waals surface area contributed by atoms with Crippen LogP contribution < -0.4 is 0 Å². The van der Waals surface area contributed by atoms with Gasteiger partial charge in [0, 0.05) is 6.04 Å². The number of amides is 1. The molecule has 5 nitrogen and oxygen atoms in total. The first-order valence-electron chi connectivity index (χ1n) is 5.25. The number of rotatable bonds is 4. The van der Waals surface area contributed by atoms with Gasteiger partial charge in [0.2, 0.25) is 0 Å². The molecule has 0 radical (unpaired) electrons. The number of methoxy groups -OCH3 is 1. The van der Waals surface area contributed by atoms with Crippen molar-refractivity contribution in [3.63, 3.8) is 0 Å². The van der Waals surface area contributed by atoms with E-state index < -0.39 is 5.97 Å². The van der Waals surface area contributed by atoms with Gasteiger partial charge >= 0.3 is 5.97 Å². The van der Waals surface area contributed by atoms with Gasteiger partial charge in [-0.3, -0.25) is 9.59 Å². The molecule has 0 saturated heterocycles. The fraction of sp³-hybridized carbons (Fsp3) is 0.545. The van der Waals surface area contributed by atoms with Gasteiger partial charge in [0.15, 0.2) is 0 Å². The molecule has 0 aliphatic carbocycles. The average molecular weight is 256 g/mol. The van der Waals surface area contributed by atoms with Crippen LogP contribution in [0.4, 0.5) is 0 Å². The van der Waals surface area contributed by atoms with Gasteiger partial charge in [-0.2, -0.15) is 0 Å². The van der Waals surface area contributed by atoms with E-state index in [4.69, 9.17) is 0 Å². The number of esters is 1. The van der Waals surface area contributed by atoms with Crippen molar-refractivity contribution in [1.29, 1.82) is 0 Å². The average Bonchev–Trinajstić information content (AvgIpc) is 2.70. The summed E-state index contributed by atoms with van der Waals surface area (Å²) in [4.78, 5) is 29.5. The molecule has 6 heteroatoms. The third-order valence-corrected chi connectivity index (χ3v) is 3.27. The van der Waals surface area contributed by atoms with Crippen molar-refractivity contribution in [3.8, 4) is 0 Å². The highest BCUT2D eigenvalue weighted by atomic mass is 32.1. The Morgan fingerprint density at radius 3 is 2.59 bits per heavy atom. The van der Waals surface area contributed by atoms with Crippen LogP contribution in [-0.2, 0) is 9.53 Å². The van der Waals surface area contributed by atoms with Crippen LogP contribution in [0.3, 0.4) is 0 Å². The first kappa shape index (κ1) is 13.6. The van der Waals surface area contributed by atoms with Gasteiger partial charge in [-0.05, 0) is 20.8 Å². The Kier molecular flexibility index (Phi) is 4.62. The molecule has 0 aliphatic rings. The minimum absolute atomic E-state index is 0.0374. The number of thiazole rings is 1. The summed E-state index contributed by atoms with van der Waals surface area (Å²) >= 11 is 1.28. The maximum absolute atomic E-state index is 12.2. The fourth-order valence-corrected chi connectivity index (χ4v) is 2.09. The van der Waals surface area contributed by atoms with Gasteiger partial charge in [0.05, 0.1) is 18.3 Å². The summed E-state index contributed by atoms with van der Waals surface area (Å²) in [6.45, 7) is 5.46. The van der Waals surface area contributed by atoms with Gasteiger partial charge in [-0.15, -0.1) is 11.3 Å². The Balaban J connectivity index is 2.89. The highest BCUT2D eigenvalue weighted by Crippen LogP contribution is 2.16. The van der Waals surface area contributed by atoms with Crippen LogP contribution in [0.15, 0.2) is 5.51 Å². The summed E-state index contributed by atoms with van der Waals surface area (Å²) in [7, 11) is 1.31. The maximum Gasteiger partial charge on any atom is 0.325 e. The minimum Gasteiger partial charge on any atom is -0.468 e. The van der Waals surface area contributed by atoms with E-state index in [0.717, 1.165) is 0 Å². The molecule has 0 fully saturated rings. The zero-order valence-corrected chi connectivity index (χ0v) is 11.2. The Morgan fingerprint density at radius 2 is 2.18 bits per heavy atom. The summed E-state index contributed by atoms with van der Waals surface area (Å²) in [6, 6.07) is -0.0666. The molecule has 0 spiro atoms. The lowest BCUT2D eigenvalue weighted by molar-refractivity contribution is -0.141. The monoisotopic (exact) mass is 256 g/mol. The first-order chi connectivity index (χ1) is 7.97. The zero-order chi connectivity index (χ0) is 13.0. The third kappa shape index (κ3) is 3.26. The number of nitrogens with zero attached hydrogens (tertiary/aromatic N) is 2. The number of carbonyl (C=O) groups excluding carboxylic acids is 2. The molecule has 17 heavy (non-hydrogen) atoms. The van der Waals surface area contributed by atoms with Crippen molar-refractivity contribution < 1.29 is 14.3 Å². The van der Waals surface area contributed by atoms with Crippen molar-refractivity contribution in [2.75, 3.05) is 13.7 Å². The largest absolute Gasteiger partial charge is 0.468 e. The van der Waals surface area contributed by atoms with Crippen molar-refractivity contribution in [3.05, 3.63) is 16.1 Å². The molecule has 94 valence electrons. The van der Waals surface area contributed by atoms with Crippen molar-refractivity contribution >= 4 is 23.2 Å². The van der Waals surface area contributed by atoms with Crippen LogP contribution >= 0.6 is 11.3 Å². The molecule has 0 atom stereocenters. The van der Waals surface area contributed by atoms with E-state index in [-0.39, 0.29) is 18.5 Å². The van der Waals surface area contributed by atoms with E-state index in [1.807, 2.05) is 13.8 Å². The second-order valence-corrected chi connectivity index (χ2v) is 4.72. The highest BCUT2D eigenvalue weighted by Gasteiger charge is 2.24. The van der Waals surface area contributed by atoms with E-state index >= 15 is 0 Å². The lowest BCUT2D eigenvalue weighted by Gasteiger charge is -2.24. The Labute approximate surface area is 104 Å². The molecule has 0 aliphatic heterocycles. The molecule has 0 N–H and O–H groups in total. The number of aromatic nitrogens is 1. The van der Waals surface area contributed by atoms with Gasteiger partial charge < -0.3 is 9.64 Å². The van der Waals surface area contributed by atoms with Gasteiger partial charge in [0.25, 0.3) is 5.91 Å². The lowest BCUT2D eigenvalue weighted by atomic mass is 10.2. The second-order valence-electron chi connectivity index (χ2n) is 3.87. The van der Waals surface area contributed by atoms with Crippen LogP contribution in [0.1, 0.15) is 29.2 Å². The number of aryl methyl sites for hydroxylation is 1. The van der Waals surface area contributed by atoms with Crippen LogP contribution in [0.2, 0.25) is 0 Å². The predicted molar refractivity (Wildman–Crippen MR) is 65.0 cm³/mol. The van der Waals surface area contributed by atoms with Crippen molar-refractivity contribution in [2.24, 2.45) is 0 Å². The van der Waals surface area contributed by atoms with E-state index in [1.165, 1.54) is 23.3 Å². The van der Waals surface area contributed by atoms with Gasteiger partial charge in [-0.25, -0.2) is 4.98 Å². The predicted octanol–water partition coefficient (Wildman–Crippen LogP) is 1.48. The maximum atomic E-state index is 12.2. The molecule has 1 heterocycles. The third-order valence-electron chi connectivity index (χ3n) is 2.35. The molecule has 1 aromatic rings. The normalized spacial score (nSPS) is 10.4. The second kappa shape index (κ2) is 5.77. The lowest BCUT2D eigenvalue weighted by Crippen LogP contribution is -2.41. The van der Waals surface area contributed by atoms with E-state index in [2.05, 4.69) is 9.72 Å². The summed E-state index contributed by atoms with van der Waals surface area (Å²) in [5.74, 6) is -0.598. The molecular formula is C11H16N2O3S. The SMILES string of the molecule is COC(=O)CN(C(=O)c1scnc1C)C(C)C. The number of hydrogen-bond donors (Lipinski definition) is 0. The summed E-state index contributed by atoms with van der Waals surface area (Å²) < 4.78 is 4.58. The van der Waals surface area contributed by atoms with E-state index in [9.17, 15) is 9.59 Å². The van der Waals surface area contributed by atoms with Crippen LogP contribution in [0.25, 0.3) is 0 Å². The molecular weight excluding hydrogens is 240 g/mol. The number of carbonyl (C=O) groups is 2. The summed E-state index contributed by atoms with van der Waals surface area (Å²) in [5, 5.41) is 0. The molecule has 1 rings (SSSR count). The molecule has 0 unspecified atom stereocenters. The molecule has 1 amide bonds. The van der Waals surface area contributed by atoms with Crippen LogP contribution in [-0.4, -0.2) is 41.5 Å². The Hall–Kier alpha value is -1.43. The topological polar surface area (TPSA) is 59.5 Å². The van der Waals surface area contributed by atoms with E-state index in [1.54, 1.807) is 12.4 Å². The van der Waals surface area contributed by atoms with Crippen LogP contribution in [0.5, 0.6) is 0 Å². The molecule has 0 bridgehead atoms. The van der Waals surface area contributed by atoms with Crippen molar-refractivity contribution in [2.45, 2.75) is 26.8 Å². The Bertz CT molecular complexity index is 415. The fourth-order valence-electron chi connectivity index (χ4n) is 1.33. The molecule has 0 saturated carbocycles. The standard InChI is InChI=1S/C11H16N2O3S/c1-7(2)13(5-9(14)16-4)11(15)10-8(3)12-6-17-10/h6-7H,5H2,1-4H3. The first-order valence-corrected chi connectivity index (χ1v) is 6.13. The van der Waals surface area contributed by atoms with Gasteiger partial charge in [-0.1, -0.05) is 0 Å². The number of hydrogen-bond acceptors (Lipinski definition) is 5. The minimum atomic E-state index is -0.422. The van der Waals surface area contributed by atoms with Crippen LogP contribution in [0, 0.1) is 6.92 Å². The van der Waals surface area contributed by atoms with E-state index in [0.29, 0.717) is 10.6 Å². The quantitative estimate of drug-likeness (QED) is 0.765.